The number of halogens is 1. The molecule has 2 rings (SSSR count). The maximum absolute atomic E-state index is 11.5. The minimum absolute atomic E-state index is 0. The van der Waals surface area contributed by atoms with Crippen LogP contribution in [0.5, 0.6) is 0 Å². The lowest BCUT2D eigenvalue weighted by atomic mass is 10.1. The van der Waals surface area contributed by atoms with Crippen molar-refractivity contribution in [2.24, 2.45) is 10.9 Å². The third kappa shape index (κ3) is 6.83. The average molecular weight is 486 g/mol. The topological polar surface area (TPSA) is 83.5 Å². The number of aromatic nitrogens is 1. The first-order valence-electron chi connectivity index (χ1n) is 7.93. The molecule has 1 saturated heterocycles. The van der Waals surface area contributed by atoms with Crippen molar-refractivity contribution in [3.63, 3.8) is 0 Å². The van der Waals surface area contributed by atoms with Crippen LogP contribution in [0.2, 0.25) is 0 Å². The highest BCUT2D eigenvalue weighted by Gasteiger charge is 2.27. The molecule has 1 atom stereocenters. The van der Waals surface area contributed by atoms with Crippen LogP contribution in [0.25, 0.3) is 0 Å². The van der Waals surface area contributed by atoms with Crippen LogP contribution < -0.4 is 10.6 Å². The van der Waals surface area contributed by atoms with Crippen molar-refractivity contribution >= 4 is 51.1 Å². The van der Waals surface area contributed by atoms with Crippen molar-refractivity contribution in [2.45, 2.75) is 46.7 Å². The summed E-state index contributed by atoms with van der Waals surface area (Å²) < 4.78 is 23.1. The number of rotatable bonds is 5. The quantitative estimate of drug-likeness (QED) is 0.379. The first-order valence-corrected chi connectivity index (χ1v) is 10.6. The highest BCUT2D eigenvalue weighted by Crippen LogP contribution is 2.18. The Kier molecular flexibility index (Phi) is 8.40. The first kappa shape index (κ1) is 21.6. The summed E-state index contributed by atoms with van der Waals surface area (Å²) in [6.07, 6.45) is 0.731. The van der Waals surface area contributed by atoms with Gasteiger partial charge < -0.3 is 10.6 Å². The van der Waals surface area contributed by atoms with Gasteiger partial charge in [-0.2, -0.15) is 0 Å². The van der Waals surface area contributed by atoms with E-state index < -0.39 is 9.84 Å². The summed E-state index contributed by atoms with van der Waals surface area (Å²) in [4.78, 5) is 10.3. The lowest BCUT2D eigenvalue weighted by Crippen LogP contribution is -2.43. The zero-order valence-corrected chi connectivity index (χ0v) is 18.6. The molecular weight excluding hydrogens is 459 g/mol. The van der Waals surface area contributed by atoms with Gasteiger partial charge in [-0.05, 0) is 40.0 Å². The molecule has 0 bridgehead atoms. The molecule has 1 aliphatic rings. The lowest BCUT2D eigenvalue weighted by molar-refractivity contribution is 0.562. The number of aliphatic imine (C=N–C) groups is 1. The number of hydrogen-bond donors (Lipinski definition) is 2. The Balaban J connectivity index is 0.00000288. The van der Waals surface area contributed by atoms with Crippen LogP contribution in [0.4, 0.5) is 0 Å². The van der Waals surface area contributed by atoms with Crippen LogP contribution in [0.1, 0.15) is 35.8 Å². The van der Waals surface area contributed by atoms with Crippen LogP contribution in [-0.2, 0) is 16.4 Å². The Morgan fingerprint density at radius 2 is 2.12 bits per heavy atom. The number of nitrogens with one attached hydrogen (secondary N) is 2. The van der Waals surface area contributed by atoms with Crippen LogP contribution in [0.15, 0.2) is 4.99 Å². The number of thiazole rings is 1. The molecule has 0 aromatic carbocycles. The van der Waals surface area contributed by atoms with Gasteiger partial charge in [0.25, 0.3) is 0 Å². The lowest BCUT2D eigenvalue weighted by Gasteiger charge is -2.17. The van der Waals surface area contributed by atoms with E-state index in [-0.39, 0.29) is 41.7 Å². The van der Waals surface area contributed by atoms with Gasteiger partial charge >= 0.3 is 0 Å². The second kappa shape index (κ2) is 9.33. The van der Waals surface area contributed by atoms with Gasteiger partial charge in [0.05, 0.1) is 23.7 Å². The van der Waals surface area contributed by atoms with Gasteiger partial charge in [-0.3, -0.25) is 0 Å². The molecule has 6 nitrogen and oxygen atoms in total. The second-order valence-corrected chi connectivity index (χ2v) is 9.88. The monoisotopic (exact) mass is 486 g/mol. The standard InChI is InChI=1S/C15H26N4O2S2.HI/c1-10(2)18-15(16-7-13-5-6-23(20,21)9-13)17-8-14-19-11(3)12(4)22-14;/h10,13H,5-9H2,1-4H3,(H2,16,17,18);1H. The Morgan fingerprint density at radius 1 is 1.42 bits per heavy atom. The molecule has 2 N–H and O–H groups in total. The molecule has 1 fully saturated rings. The van der Waals surface area contributed by atoms with Gasteiger partial charge in [0, 0.05) is 17.5 Å². The number of guanidine groups is 1. The first-order chi connectivity index (χ1) is 10.7. The van der Waals surface area contributed by atoms with Crippen LogP contribution in [0, 0.1) is 19.8 Å². The minimum Gasteiger partial charge on any atom is -0.356 e. The Morgan fingerprint density at radius 3 is 2.62 bits per heavy atom. The van der Waals surface area contributed by atoms with Crippen molar-refractivity contribution in [3.05, 3.63) is 15.6 Å². The van der Waals surface area contributed by atoms with Crippen molar-refractivity contribution in [3.8, 4) is 0 Å². The molecule has 0 amide bonds. The van der Waals surface area contributed by atoms with E-state index in [1.165, 1.54) is 4.88 Å². The van der Waals surface area contributed by atoms with E-state index in [2.05, 4.69) is 41.4 Å². The molecule has 1 aliphatic heterocycles. The predicted octanol–water partition coefficient (Wildman–Crippen LogP) is 2.26. The number of aryl methyl sites for hydroxylation is 2. The van der Waals surface area contributed by atoms with Crippen molar-refractivity contribution in [2.75, 3.05) is 18.1 Å². The van der Waals surface area contributed by atoms with E-state index in [9.17, 15) is 8.42 Å². The summed E-state index contributed by atoms with van der Waals surface area (Å²) in [5.74, 6) is 1.47. The number of hydrogen-bond acceptors (Lipinski definition) is 5. The number of sulfone groups is 1. The van der Waals surface area contributed by atoms with E-state index >= 15 is 0 Å². The highest BCUT2D eigenvalue weighted by molar-refractivity contribution is 14.0. The van der Waals surface area contributed by atoms with Gasteiger partial charge in [0.2, 0.25) is 0 Å². The maximum Gasteiger partial charge on any atom is 0.191 e. The fourth-order valence-corrected chi connectivity index (χ4v) is 5.17. The zero-order valence-electron chi connectivity index (χ0n) is 14.6. The van der Waals surface area contributed by atoms with Gasteiger partial charge in [-0.1, -0.05) is 0 Å². The molecule has 24 heavy (non-hydrogen) atoms. The van der Waals surface area contributed by atoms with E-state index in [0.29, 0.717) is 18.8 Å². The second-order valence-electron chi connectivity index (χ2n) is 6.36. The molecular formula is C15H27IN4O2S2. The summed E-state index contributed by atoms with van der Waals surface area (Å²) in [7, 11) is -2.83. The summed E-state index contributed by atoms with van der Waals surface area (Å²) in [6, 6.07) is 0.258. The molecule has 0 saturated carbocycles. The predicted molar refractivity (Wildman–Crippen MR) is 111 cm³/mol. The van der Waals surface area contributed by atoms with E-state index in [4.69, 9.17) is 0 Å². The molecule has 0 radical (unpaired) electrons. The maximum atomic E-state index is 11.5. The summed E-state index contributed by atoms with van der Waals surface area (Å²) >= 11 is 1.67. The smallest absolute Gasteiger partial charge is 0.191 e. The molecule has 0 spiro atoms. The third-order valence-corrected chi connectivity index (χ3v) is 6.65. The summed E-state index contributed by atoms with van der Waals surface area (Å²) in [6.45, 7) is 9.33. The summed E-state index contributed by atoms with van der Waals surface area (Å²) in [5.41, 5.74) is 1.06. The normalized spacial score (nSPS) is 20.0. The molecule has 1 aromatic heterocycles. The Hall–Kier alpha value is -0.420. The Labute approximate surface area is 165 Å². The van der Waals surface area contributed by atoms with Crippen molar-refractivity contribution in [1.29, 1.82) is 0 Å². The average Bonchev–Trinajstić information content (AvgIpc) is 2.95. The fraction of sp³-hybridized carbons (Fsp3) is 0.733. The number of nitrogens with zero attached hydrogens (tertiary/aromatic N) is 2. The van der Waals surface area contributed by atoms with Crippen molar-refractivity contribution < 1.29 is 8.42 Å². The SMILES string of the molecule is Cc1nc(CN=C(NCC2CCS(=O)(=O)C2)NC(C)C)sc1C.I. The molecule has 1 aromatic rings. The van der Waals surface area contributed by atoms with E-state index in [1.54, 1.807) is 11.3 Å². The van der Waals surface area contributed by atoms with E-state index in [1.807, 2.05) is 6.92 Å². The van der Waals surface area contributed by atoms with Gasteiger partial charge in [-0.25, -0.2) is 18.4 Å². The zero-order chi connectivity index (χ0) is 17.0. The van der Waals surface area contributed by atoms with Crippen LogP contribution in [-0.4, -0.2) is 43.5 Å². The molecule has 0 aliphatic carbocycles. The molecule has 1 unspecified atom stereocenters. The highest BCUT2D eigenvalue weighted by atomic mass is 127. The van der Waals surface area contributed by atoms with Crippen LogP contribution in [0.3, 0.4) is 0 Å². The van der Waals surface area contributed by atoms with Crippen molar-refractivity contribution in [1.82, 2.24) is 15.6 Å². The van der Waals surface area contributed by atoms with E-state index in [0.717, 1.165) is 23.1 Å². The van der Waals surface area contributed by atoms with Crippen LogP contribution >= 0.6 is 35.3 Å². The molecule has 9 heteroatoms. The van der Waals surface area contributed by atoms with Gasteiger partial charge in [0.15, 0.2) is 15.8 Å². The molecule has 2 heterocycles. The third-order valence-electron chi connectivity index (χ3n) is 3.76. The minimum atomic E-state index is -2.83. The van der Waals surface area contributed by atoms with Gasteiger partial charge in [0.1, 0.15) is 5.01 Å². The Bertz CT molecular complexity index is 652. The molecule has 138 valence electrons. The van der Waals surface area contributed by atoms with Gasteiger partial charge in [-0.15, -0.1) is 35.3 Å². The fourth-order valence-electron chi connectivity index (χ4n) is 2.45. The summed E-state index contributed by atoms with van der Waals surface area (Å²) in [5, 5.41) is 7.55. The largest absolute Gasteiger partial charge is 0.356 e.